The van der Waals surface area contributed by atoms with Crippen LogP contribution in [0.5, 0.6) is 0 Å². The van der Waals surface area contributed by atoms with E-state index in [4.69, 9.17) is 16.2 Å². The Morgan fingerprint density at radius 1 is 1.19 bits per heavy atom. The van der Waals surface area contributed by atoms with Crippen molar-refractivity contribution in [1.29, 1.82) is 0 Å². The highest BCUT2D eigenvalue weighted by atomic mass is 35.5. The number of carbonyl (C=O) groups excluding carboxylic acids is 1. The number of nitrogens with zero attached hydrogens (tertiary/aromatic N) is 1. The molecular weight excluding hydrogens is 458 g/mol. The van der Waals surface area contributed by atoms with Crippen LogP contribution < -0.4 is 10.0 Å². The zero-order valence-corrected chi connectivity index (χ0v) is 19.1. The first-order valence-electron chi connectivity index (χ1n) is 9.54. The number of nitrogens with one attached hydrogen (secondary N) is 2. The van der Waals surface area contributed by atoms with Crippen molar-refractivity contribution in [3.8, 4) is 0 Å². The van der Waals surface area contributed by atoms with E-state index in [2.05, 4.69) is 10.3 Å². The molecule has 0 aliphatic heterocycles. The summed E-state index contributed by atoms with van der Waals surface area (Å²) in [5, 5.41) is 6.36. The van der Waals surface area contributed by atoms with Gasteiger partial charge >= 0.3 is 10.3 Å². The van der Waals surface area contributed by atoms with Crippen molar-refractivity contribution in [2.75, 3.05) is 4.72 Å². The van der Waals surface area contributed by atoms with Crippen molar-refractivity contribution in [3.05, 3.63) is 80.8 Å². The van der Waals surface area contributed by atoms with Gasteiger partial charge in [-0.25, -0.2) is 4.98 Å². The Kier molecular flexibility index (Phi) is 7.66. The Labute approximate surface area is 190 Å². The summed E-state index contributed by atoms with van der Waals surface area (Å²) >= 11 is 7.66. The maximum atomic E-state index is 12.7. The van der Waals surface area contributed by atoms with Gasteiger partial charge in [0, 0.05) is 10.4 Å². The summed E-state index contributed by atoms with van der Waals surface area (Å²) in [6.45, 7) is 2.02. The Balaban J connectivity index is 1.76. The first kappa shape index (κ1) is 23.2. The second-order valence-electron chi connectivity index (χ2n) is 6.90. The van der Waals surface area contributed by atoms with Gasteiger partial charge in [0.1, 0.15) is 5.01 Å². The zero-order chi connectivity index (χ0) is 22.4. The van der Waals surface area contributed by atoms with Crippen LogP contribution >= 0.6 is 22.9 Å². The van der Waals surface area contributed by atoms with Crippen LogP contribution in [0.4, 0.5) is 5.69 Å². The van der Waals surface area contributed by atoms with E-state index in [1.165, 1.54) is 11.3 Å². The number of hydrogen-bond donors (Lipinski definition) is 3. The lowest BCUT2D eigenvalue weighted by Gasteiger charge is -2.17. The normalized spacial score (nSPS) is 12.4. The Morgan fingerprint density at radius 3 is 2.52 bits per heavy atom. The lowest BCUT2D eigenvalue weighted by atomic mass is 10.0. The second kappa shape index (κ2) is 10.2. The zero-order valence-electron chi connectivity index (χ0n) is 16.7. The molecule has 7 nitrogen and oxygen atoms in total. The molecule has 0 aliphatic carbocycles. The number of anilines is 1. The van der Waals surface area contributed by atoms with Gasteiger partial charge < -0.3 is 5.32 Å². The van der Waals surface area contributed by atoms with Crippen molar-refractivity contribution in [3.63, 3.8) is 0 Å². The summed E-state index contributed by atoms with van der Waals surface area (Å²) in [4.78, 5) is 17.4. The van der Waals surface area contributed by atoms with Crippen LogP contribution in [0.15, 0.2) is 53.9 Å². The Morgan fingerprint density at radius 2 is 1.90 bits per heavy atom. The number of aryl methyl sites for hydroxylation is 1. The minimum absolute atomic E-state index is 0.152. The van der Waals surface area contributed by atoms with Gasteiger partial charge in [-0.2, -0.15) is 8.42 Å². The molecule has 10 heteroatoms. The molecule has 3 rings (SSSR count). The molecule has 3 aromatic rings. The van der Waals surface area contributed by atoms with Crippen molar-refractivity contribution in [2.45, 2.75) is 32.2 Å². The average molecular weight is 480 g/mol. The van der Waals surface area contributed by atoms with Crippen LogP contribution in [0.3, 0.4) is 0 Å². The van der Waals surface area contributed by atoms with Crippen LogP contribution in [0.1, 0.15) is 34.8 Å². The van der Waals surface area contributed by atoms with Crippen LogP contribution in [-0.2, 0) is 34.4 Å². The van der Waals surface area contributed by atoms with E-state index in [1.807, 2.05) is 35.2 Å². The average Bonchev–Trinajstić information content (AvgIpc) is 3.19. The molecule has 0 fully saturated rings. The molecule has 0 saturated carbocycles. The van der Waals surface area contributed by atoms with Crippen LogP contribution in [0, 0.1) is 0 Å². The first-order chi connectivity index (χ1) is 14.7. The summed E-state index contributed by atoms with van der Waals surface area (Å²) in [7, 11) is -4.33. The molecule has 0 aliphatic rings. The Bertz CT molecular complexity index is 1150. The molecule has 3 N–H and O–H groups in total. The minimum Gasteiger partial charge on any atom is -0.346 e. The molecule has 1 aromatic heterocycles. The van der Waals surface area contributed by atoms with Gasteiger partial charge in [0.05, 0.1) is 23.8 Å². The summed E-state index contributed by atoms with van der Waals surface area (Å²) in [6.07, 6.45) is 1.42. The van der Waals surface area contributed by atoms with E-state index in [1.54, 1.807) is 30.3 Å². The fraction of sp³-hybridized carbons (Fsp3) is 0.238. The quantitative estimate of drug-likeness (QED) is 0.398. The molecular formula is C21H22ClN3O4S2. The highest BCUT2D eigenvalue weighted by Crippen LogP contribution is 2.24. The smallest absolute Gasteiger partial charge is 0.346 e. The number of rotatable bonds is 9. The van der Waals surface area contributed by atoms with E-state index in [0.717, 1.165) is 28.2 Å². The van der Waals surface area contributed by atoms with E-state index < -0.39 is 10.3 Å². The van der Waals surface area contributed by atoms with Gasteiger partial charge in [-0.05, 0) is 42.2 Å². The standard InChI is InChI=1S/C21H22ClN3O4S2/c1-2-16-13-30-21(23-16)19(24-20(26)12-15-5-3-4-6-18(15)22)11-14-7-9-17(10-8-14)25-31(27,28)29/h3-10,13,19,25H,2,11-12H2,1H3,(H,24,26)(H,27,28,29). The van der Waals surface area contributed by atoms with E-state index >= 15 is 0 Å². The number of aromatic nitrogens is 1. The van der Waals surface area contributed by atoms with Gasteiger partial charge in [0.25, 0.3) is 0 Å². The summed E-state index contributed by atoms with van der Waals surface area (Å²) in [5.74, 6) is -0.170. The maximum Gasteiger partial charge on any atom is 0.357 e. The fourth-order valence-corrected chi connectivity index (χ4v) is 4.59. The highest BCUT2D eigenvalue weighted by molar-refractivity contribution is 7.87. The number of halogens is 1. The lowest BCUT2D eigenvalue weighted by molar-refractivity contribution is -0.121. The molecule has 1 unspecified atom stereocenters. The summed E-state index contributed by atoms with van der Waals surface area (Å²) in [5.41, 5.74) is 2.82. The van der Waals surface area contributed by atoms with Gasteiger partial charge in [-0.3, -0.25) is 14.1 Å². The molecule has 0 saturated heterocycles. The van der Waals surface area contributed by atoms with Crippen molar-refractivity contribution in [2.24, 2.45) is 0 Å². The fourth-order valence-electron chi connectivity index (χ4n) is 3.00. The van der Waals surface area contributed by atoms with Gasteiger partial charge in [-0.1, -0.05) is 48.9 Å². The minimum atomic E-state index is -4.33. The molecule has 164 valence electrons. The topological polar surface area (TPSA) is 108 Å². The van der Waals surface area contributed by atoms with Gasteiger partial charge in [0.15, 0.2) is 0 Å². The molecule has 1 amide bonds. The lowest BCUT2D eigenvalue weighted by Crippen LogP contribution is -2.31. The second-order valence-corrected chi connectivity index (χ2v) is 9.35. The van der Waals surface area contributed by atoms with Gasteiger partial charge in [0.2, 0.25) is 5.91 Å². The molecule has 0 bridgehead atoms. The molecule has 31 heavy (non-hydrogen) atoms. The maximum absolute atomic E-state index is 12.7. The number of carbonyl (C=O) groups is 1. The number of hydrogen-bond acceptors (Lipinski definition) is 5. The predicted molar refractivity (Wildman–Crippen MR) is 123 cm³/mol. The van der Waals surface area contributed by atoms with Crippen LogP contribution in [-0.4, -0.2) is 23.9 Å². The number of amides is 1. The summed E-state index contributed by atoms with van der Waals surface area (Å²) in [6, 6.07) is 13.4. The highest BCUT2D eigenvalue weighted by Gasteiger charge is 2.20. The number of thiazole rings is 1. The Hall–Kier alpha value is -2.46. The largest absolute Gasteiger partial charge is 0.357 e. The third-order valence-corrected chi connectivity index (χ3v) is 6.38. The van der Waals surface area contributed by atoms with E-state index in [-0.39, 0.29) is 24.1 Å². The molecule has 0 radical (unpaired) electrons. The van der Waals surface area contributed by atoms with Crippen molar-refractivity contribution in [1.82, 2.24) is 10.3 Å². The molecule has 1 atom stereocenters. The molecule has 1 heterocycles. The molecule has 2 aromatic carbocycles. The third-order valence-electron chi connectivity index (χ3n) is 4.51. The van der Waals surface area contributed by atoms with Gasteiger partial charge in [-0.15, -0.1) is 11.3 Å². The van der Waals surface area contributed by atoms with E-state index in [0.29, 0.717) is 11.4 Å². The van der Waals surface area contributed by atoms with Crippen molar-refractivity contribution >= 4 is 44.8 Å². The first-order valence-corrected chi connectivity index (χ1v) is 12.2. The SMILES string of the molecule is CCc1csc(C(Cc2ccc(NS(=O)(=O)O)cc2)NC(=O)Cc2ccccc2Cl)n1. The van der Waals surface area contributed by atoms with Crippen molar-refractivity contribution < 1.29 is 17.8 Å². The van der Waals surface area contributed by atoms with Crippen LogP contribution in [0.2, 0.25) is 5.02 Å². The monoisotopic (exact) mass is 479 g/mol. The third kappa shape index (κ3) is 7.03. The summed E-state index contributed by atoms with van der Waals surface area (Å²) < 4.78 is 32.8. The molecule has 0 spiro atoms. The predicted octanol–water partition coefficient (Wildman–Crippen LogP) is 4.22. The van der Waals surface area contributed by atoms with E-state index in [9.17, 15) is 13.2 Å². The number of benzene rings is 2. The van der Waals surface area contributed by atoms with Crippen LogP contribution in [0.25, 0.3) is 0 Å².